The van der Waals surface area contributed by atoms with Gasteiger partial charge in [0.2, 0.25) is 11.8 Å². The fourth-order valence-electron chi connectivity index (χ4n) is 4.06. The first-order valence-electron chi connectivity index (χ1n) is 13.4. The molecule has 0 aliphatic heterocycles. The number of benzene rings is 3. The van der Waals surface area contributed by atoms with Crippen molar-refractivity contribution in [3.05, 3.63) is 101 Å². The molecule has 0 saturated carbocycles. The molecule has 2 atom stereocenters. The number of carbonyl (C=O) groups is 3. The Balaban J connectivity index is 1.49. The van der Waals surface area contributed by atoms with Crippen molar-refractivity contribution in [2.24, 2.45) is 5.73 Å². The highest BCUT2D eigenvalue weighted by atomic mass is 16.5. The van der Waals surface area contributed by atoms with E-state index in [0.29, 0.717) is 18.7 Å². The largest absolute Gasteiger partial charge is 0.494 e. The van der Waals surface area contributed by atoms with E-state index in [4.69, 9.17) is 10.5 Å². The maximum absolute atomic E-state index is 13.1. The maximum Gasteiger partial charge on any atom is 0.245 e. The summed E-state index contributed by atoms with van der Waals surface area (Å²) in [6.07, 6.45) is -0.942. The van der Waals surface area contributed by atoms with Crippen molar-refractivity contribution in [1.82, 2.24) is 16.0 Å². The number of rotatable bonds is 16. The summed E-state index contributed by atoms with van der Waals surface area (Å²) in [7, 11) is 0. The molecule has 0 unspecified atom stereocenters. The predicted octanol–water partition coefficient (Wildman–Crippen LogP) is 2.17. The minimum Gasteiger partial charge on any atom is -0.494 e. The van der Waals surface area contributed by atoms with Crippen LogP contribution >= 0.6 is 0 Å². The number of hydrogen-bond acceptors (Lipinski definition) is 7. The van der Waals surface area contributed by atoms with Crippen LogP contribution in [-0.4, -0.2) is 48.4 Å². The van der Waals surface area contributed by atoms with Gasteiger partial charge < -0.3 is 31.5 Å². The number of nitrogens with one attached hydrogen (secondary N) is 3. The Morgan fingerprint density at radius 2 is 1.55 bits per heavy atom. The lowest BCUT2D eigenvalue weighted by atomic mass is 10.0. The van der Waals surface area contributed by atoms with Gasteiger partial charge in [-0.2, -0.15) is 0 Å². The normalized spacial score (nSPS) is 12.3. The van der Waals surface area contributed by atoms with Gasteiger partial charge in [-0.05, 0) is 41.3 Å². The van der Waals surface area contributed by atoms with Crippen molar-refractivity contribution in [2.75, 3.05) is 19.7 Å². The molecule has 0 fully saturated rings. The number of carbonyl (C=O) groups excluding carboxylic acids is 3. The van der Waals surface area contributed by atoms with Crippen LogP contribution in [0.2, 0.25) is 0 Å². The summed E-state index contributed by atoms with van der Waals surface area (Å²) in [6.45, 7) is 3.50. The van der Waals surface area contributed by atoms with Crippen molar-refractivity contribution < 1.29 is 24.2 Å². The molecular weight excluding hydrogens is 508 g/mol. The highest BCUT2D eigenvalue weighted by Gasteiger charge is 2.29. The van der Waals surface area contributed by atoms with Crippen LogP contribution in [0.15, 0.2) is 78.9 Å². The summed E-state index contributed by atoms with van der Waals surface area (Å²) in [5, 5.41) is 19.4. The van der Waals surface area contributed by atoms with Crippen LogP contribution in [0.1, 0.15) is 41.7 Å². The molecule has 0 bridgehead atoms. The van der Waals surface area contributed by atoms with Crippen molar-refractivity contribution in [3.63, 3.8) is 0 Å². The molecule has 0 spiro atoms. The smallest absolute Gasteiger partial charge is 0.245 e. The first-order valence-corrected chi connectivity index (χ1v) is 13.4. The van der Waals surface area contributed by atoms with Crippen molar-refractivity contribution in [1.29, 1.82) is 0 Å². The third-order valence-corrected chi connectivity index (χ3v) is 6.27. The molecule has 212 valence electrons. The summed E-state index contributed by atoms with van der Waals surface area (Å²) >= 11 is 0. The van der Waals surface area contributed by atoms with Gasteiger partial charge in [-0.25, -0.2) is 0 Å². The molecule has 6 N–H and O–H groups in total. The Hall–Kier alpha value is -4.05. The molecule has 3 aromatic rings. The van der Waals surface area contributed by atoms with Crippen LogP contribution < -0.4 is 26.4 Å². The van der Waals surface area contributed by atoms with E-state index in [1.54, 1.807) is 30.3 Å². The molecule has 2 amide bonds. The highest BCUT2D eigenvalue weighted by Crippen LogP contribution is 2.17. The molecular formula is C31H38N4O5. The molecule has 3 aromatic carbocycles. The van der Waals surface area contributed by atoms with Crippen molar-refractivity contribution in [2.45, 2.75) is 45.0 Å². The van der Waals surface area contributed by atoms with E-state index in [1.165, 1.54) is 0 Å². The van der Waals surface area contributed by atoms with E-state index < -0.39 is 24.0 Å². The minimum absolute atomic E-state index is 0.0131. The first kappa shape index (κ1) is 30.5. The van der Waals surface area contributed by atoms with Gasteiger partial charge in [0.15, 0.2) is 5.78 Å². The number of Topliss-reactive ketones (excluding diaryl/α,β-unsaturated/α-hetero) is 1. The summed E-state index contributed by atoms with van der Waals surface area (Å²) in [5.41, 5.74) is 8.87. The van der Waals surface area contributed by atoms with E-state index in [9.17, 15) is 19.5 Å². The lowest BCUT2D eigenvalue weighted by Gasteiger charge is -2.24. The second-order valence-electron chi connectivity index (χ2n) is 9.36. The zero-order valence-corrected chi connectivity index (χ0v) is 22.8. The quantitative estimate of drug-likeness (QED) is 0.173. The van der Waals surface area contributed by atoms with Crippen LogP contribution in [-0.2, 0) is 33.9 Å². The number of ether oxygens (including phenoxy) is 1. The number of hydrogen-bond donors (Lipinski definition) is 5. The van der Waals surface area contributed by atoms with Gasteiger partial charge in [0.1, 0.15) is 17.9 Å². The highest BCUT2D eigenvalue weighted by molar-refractivity contribution is 5.88. The lowest BCUT2D eigenvalue weighted by Crippen LogP contribution is -2.50. The van der Waals surface area contributed by atoms with E-state index in [2.05, 4.69) is 16.0 Å². The standard InChI is InChI=1S/C31H38N4O5/c1-2-40-27-14-12-22(13-15-27)18-26(36)21-33-17-16-28(37)35-29(30(38)25-6-4-3-5-7-25)31(39)34-20-24-10-8-23(19-32)9-11-24/h3-15,29-30,33,38H,2,16-21,32H2,1H3,(H,34,39)(H,35,37)/t29-,30-/m0/s1. The number of aliphatic hydroxyl groups excluding tert-OH is 1. The monoisotopic (exact) mass is 546 g/mol. The van der Waals surface area contributed by atoms with Gasteiger partial charge in [0, 0.05) is 32.5 Å². The molecule has 9 heteroatoms. The Labute approximate surface area is 235 Å². The van der Waals surface area contributed by atoms with Crippen molar-refractivity contribution >= 4 is 17.6 Å². The Morgan fingerprint density at radius 1 is 0.900 bits per heavy atom. The number of aliphatic hydroxyl groups is 1. The summed E-state index contributed by atoms with van der Waals surface area (Å²) in [4.78, 5) is 38.1. The van der Waals surface area contributed by atoms with Gasteiger partial charge >= 0.3 is 0 Å². The summed E-state index contributed by atoms with van der Waals surface area (Å²) in [6, 6.07) is 22.4. The van der Waals surface area contributed by atoms with E-state index in [0.717, 1.165) is 22.4 Å². The van der Waals surface area contributed by atoms with Gasteiger partial charge in [-0.3, -0.25) is 14.4 Å². The van der Waals surface area contributed by atoms with Gasteiger partial charge in [0.25, 0.3) is 0 Å². The third kappa shape index (κ3) is 9.92. The average Bonchev–Trinajstić information content (AvgIpc) is 2.98. The van der Waals surface area contributed by atoms with Gasteiger partial charge in [0.05, 0.1) is 13.2 Å². The van der Waals surface area contributed by atoms with Gasteiger partial charge in [-0.15, -0.1) is 0 Å². The Morgan fingerprint density at radius 3 is 2.20 bits per heavy atom. The number of ketones is 1. The zero-order chi connectivity index (χ0) is 28.7. The number of nitrogens with two attached hydrogens (primary N) is 1. The fraction of sp³-hybridized carbons (Fsp3) is 0.323. The Kier molecular flexibility index (Phi) is 12.3. The predicted molar refractivity (Wildman–Crippen MR) is 153 cm³/mol. The molecule has 0 saturated heterocycles. The van der Waals surface area contributed by atoms with Crippen LogP contribution in [0.4, 0.5) is 0 Å². The molecule has 0 heterocycles. The van der Waals surface area contributed by atoms with Crippen LogP contribution in [0, 0.1) is 0 Å². The van der Waals surface area contributed by atoms with Crippen LogP contribution in [0.25, 0.3) is 0 Å². The topological polar surface area (TPSA) is 143 Å². The van der Waals surface area contributed by atoms with E-state index >= 15 is 0 Å². The second kappa shape index (κ2) is 16.1. The second-order valence-corrected chi connectivity index (χ2v) is 9.36. The number of amides is 2. The maximum atomic E-state index is 13.1. The molecule has 0 aromatic heterocycles. The SMILES string of the molecule is CCOc1ccc(CC(=O)CNCCC(=O)N[C@H](C(=O)NCc2ccc(CN)cc2)[C@@H](O)c2ccccc2)cc1. The lowest BCUT2D eigenvalue weighted by molar-refractivity contribution is -0.132. The van der Waals surface area contributed by atoms with Crippen LogP contribution in [0.5, 0.6) is 5.75 Å². The minimum atomic E-state index is -1.24. The first-order chi connectivity index (χ1) is 19.4. The summed E-state index contributed by atoms with van der Waals surface area (Å²) in [5.74, 6) is -0.186. The molecule has 3 rings (SSSR count). The molecule has 0 radical (unpaired) electrons. The average molecular weight is 547 g/mol. The van der Waals surface area contributed by atoms with E-state index in [-0.39, 0.29) is 38.3 Å². The third-order valence-electron chi connectivity index (χ3n) is 6.27. The van der Waals surface area contributed by atoms with Crippen molar-refractivity contribution in [3.8, 4) is 5.75 Å². The molecule has 40 heavy (non-hydrogen) atoms. The fourth-order valence-corrected chi connectivity index (χ4v) is 4.06. The molecule has 0 aliphatic carbocycles. The van der Waals surface area contributed by atoms with Gasteiger partial charge in [-0.1, -0.05) is 66.7 Å². The zero-order valence-electron chi connectivity index (χ0n) is 22.8. The Bertz CT molecular complexity index is 1220. The van der Waals surface area contributed by atoms with Crippen LogP contribution in [0.3, 0.4) is 0 Å². The summed E-state index contributed by atoms with van der Waals surface area (Å²) < 4.78 is 5.41. The molecule has 0 aliphatic rings. The van der Waals surface area contributed by atoms with E-state index in [1.807, 2.05) is 55.5 Å². The molecule has 9 nitrogen and oxygen atoms in total.